The first-order valence-corrected chi connectivity index (χ1v) is 9.55. The molecule has 0 radical (unpaired) electrons. The third-order valence-electron chi connectivity index (χ3n) is 3.95. The Labute approximate surface area is 177 Å². The average Bonchev–Trinajstić information content (AvgIpc) is 2.61. The highest BCUT2D eigenvalue weighted by atomic mass is 79.9. The summed E-state index contributed by atoms with van der Waals surface area (Å²) < 4.78 is 17.2. The van der Waals surface area contributed by atoms with E-state index in [1.165, 1.54) is 0 Å². The van der Waals surface area contributed by atoms with Gasteiger partial charge in [-0.3, -0.25) is 0 Å². The fourth-order valence-corrected chi connectivity index (χ4v) is 3.12. The number of halogens is 1. The molecule has 1 unspecified atom stereocenters. The third-order valence-corrected chi connectivity index (χ3v) is 4.89. The van der Waals surface area contributed by atoms with Crippen LogP contribution in [0.4, 0.5) is 0 Å². The van der Waals surface area contributed by atoms with Crippen LogP contribution in [0.1, 0.15) is 25.3 Å². The Morgan fingerprint density at radius 2 is 2.14 bits per heavy atom. The van der Waals surface area contributed by atoms with Crippen molar-refractivity contribution in [3.05, 3.63) is 51.0 Å². The summed E-state index contributed by atoms with van der Waals surface area (Å²) in [5, 5.41) is 9.92. The molecule has 148 valence electrons. The number of hydrogen-bond acceptors (Lipinski definition) is 7. The Balaban J connectivity index is 2.69. The van der Waals surface area contributed by atoms with Gasteiger partial charge in [-0.1, -0.05) is 22.0 Å². The van der Waals surface area contributed by atoms with Gasteiger partial charge in [-0.05, 0) is 38.2 Å². The van der Waals surface area contributed by atoms with E-state index in [9.17, 15) is 10.1 Å². The van der Waals surface area contributed by atoms with E-state index < -0.39 is 11.9 Å². The highest BCUT2D eigenvalue weighted by Crippen LogP contribution is 2.43. The molecule has 7 nitrogen and oxygen atoms in total. The number of esters is 1. The molecule has 0 aromatic heterocycles. The topological polar surface area (TPSA) is 97.8 Å². The van der Waals surface area contributed by atoms with E-state index in [1.54, 1.807) is 51.0 Å². The van der Waals surface area contributed by atoms with Gasteiger partial charge in [0.25, 0.3) is 5.17 Å². The maximum Gasteiger partial charge on any atom is 0.338 e. The van der Waals surface area contributed by atoms with Gasteiger partial charge in [0.05, 0.1) is 18.1 Å². The van der Waals surface area contributed by atoms with Crippen molar-refractivity contribution in [2.24, 2.45) is 5.73 Å². The first-order valence-electron chi connectivity index (χ1n) is 8.35. The zero-order valence-electron chi connectivity index (χ0n) is 15.9. The monoisotopic (exact) mass is 465 g/mol. The summed E-state index contributed by atoms with van der Waals surface area (Å²) in [4.78, 5) is 14.3. The molecule has 1 aromatic rings. The number of allylic oxidation sites excluding steroid dienone is 2. The lowest BCUT2D eigenvalue weighted by molar-refractivity contribution is -0.139. The molecule has 2 rings (SSSR count). The third kappa shape index (κ3) is 4.46. The molecule has 0 bridgehead atoms. The van der Waals surface area contributed by atoms with Gasteiger partial charge >= 0.3 is 5.97 Å². The van der Waals surface area contributed by atoms with Crippen molar-refractivity contribution in [1.29, 1.82) is 5.26 Å². The number of carbonyl (C=O) groups excluding carboxylic acids is 1. The summed E-state index contributed by atoms with van der Waals surface area (Å²) in [6.07, 6.45) is 0. The van der Waals surface area contributed by atoms with Crippen LogP contribution in [0.5, 0.6) is 5.75 Å². The van der Waals surface area contributed by atoms with Crippen molar-refractivity contribution >= 4 is 39.3 Å². The molecule has 1 aliphatic heterocycles. The van der Waals surface area contributed by atoms with Gasteiger partial charge in [0, 0.05) is 24.1 Å². The number of ether oxygens (including phenoxy) is 3. The van der Waals surface area contributed by atoms with Crippen molar-refractivity contribution in [3.63, 3.8) is 0 Å². The van der Waals surface area contributed by atoms with Gasteiger partial charge in [0.15, 0.2) is 0 Å². The van der Waals surface area contributed by atoms with E-state index in [4.69, 9.17) is 32.2 Å². The van der Waals surface area contributed by atoms with Crippen LogP contribution in [0.3, 0.4) is 0 Å². The van der Waals surface area contributed by atoms with Crippen molar-refractivity contribution < 1.29 is 19.0 Å². The zero-order valence-corrected chi connectivity index (χ0v) is 18.3. The summed E-state index contributed by atoms with van der Waals surface area (Å²) >= 11 is 8.65. The van der Waals surface area contributed by atoms with Crippen LogP contribution >= 0.6 is 28.1 Å². The molecule has 1 heterocycles. The van der Waals surface area contributed by atoms with Gasteiger partial charge in [-0.25, -0.2) is 4.79 Å². The first-order chi connectivity index (χ1) is 13.2. The highest BCUT2D eigenvalue weighted by Gasteiger charge is 2.38. The largest absolute Gasteiger partial charge is 0.463 e. The predicted octanol–water partition coefficient (Wildman–Crippen LogP) is 3.32. The number of thiocarbonyl (C=S) groups is 1. The molecule has 2 N–H and O–H groups in total. The van der Waals surface area contributed by atoms with E-state index in [-0.39, 0.29) is 34.6 Å². The molecule has 28 heavy (non-hydrogen) atoms. The highest BCUT2D eigenvalue weighted by molar-refractivity contribution is 9.10. The maximum atomic E-state index is 12.7. The number of nitrogens with zero attached hydrogens (tertiary/aromatic N) is 2. The maximum absolute atomic E-state index is 12.7. The van der Waals surface area contributed by atoms with Gasteiger partial charge in [0.1, 0.15) is 23.2 Å². The first kappa shape index (κ1) is 21.7. The van der Waals surface area contributed by atoms with Crippen LogP contribution in [-0.2, 0) is 14.3 Å². The molecule has 0 spiro atoms. The second-order valence-electron chi connectivity index (χ2n) is 6.06. The van der Waals surface area contributed by atoms with E-state index in [0.717, 1.165) is 4.47 Å². The van der Waals surface area contributed by atoms with Gasteiger partial charge in [-0.2, -0.15) is 5.26 Å². The van der Waals surface area contributed by atoms with Crippen molar-refractivity contribution in [2.75, 3.05) is 20.7 Å². The molecule has 0 saturated carbocycles. The molecule has 0 amide bonds. The Morgan fingerprint density at radius 3 is 2.71 bits per heavy atom. The Bertz CT molecular complexity index is 918. The van der Waals surface area contributed by atoms with Gasteiger partial charge in [0.2, 0.25) is 5.88 Å². The number of carbonyl (C=O) groups is 1. The molecular formula is C19H20BrN3O4S. The smallest absolute Gasteiger partial charge is 0.338 e. The van der Waals surface area contributed by atoms with Crippen LogP contribution in [-0.4, -0.2) is 36.7 Å². The van der Waals surface area contributed by atoms with E-state index >= 15 is 0 Å². The number of hydrogen-bond donors (Lipinski definition) is 1. The van der Waals surface area contributed by atoms with E-state index in [0.29, 0.717) is 11.3 Å². The fraction of sp³-hybridized carbons (Fsp3) is 0.316. The molecule has 1 atom stereocenters. The van der Waals surface area contributed by atoms with E-state index in [1.807, 2.05) is 6.07 Å². The normalized spacial score (nSPS) is 16.2. The second kappa shape index (κ2) is 9.08. The lowest BCUT2D eigenvalue weighted by atomic mass is 9.82. The number of rotatable bonds is 4. The van der Waals surface area contributed by atoms with Crippen LogP contribution < -0.4 is 10.5 Å². The SMILES string of the molecule is CCOC(=O)C1=C(C)OC(N)=C(C#N)C1c1ccc(Br)cc1OC(=S)N(C)C. The summed E-state index contributed by atoms with van der Waals surface area (Å²) in [7, 11) is 3.50. The molecule has 1 aromatic carbocycles. The lowest BCUT2D eigenvalue weighted by Gasteiger charge is -2.28. The average molecular weight is 466 g/mol. The molecular weight excluding hydrogens is 446 g/mol. The van der Waals surface area contributed by atoms with Crippen LogP contribution in [0.2, 0.25) is 0 Å². The summed E-state index contributed by atoms with van der Waals surface area (Å²) in [5.74, 6) is -0.818. The predicted molar refractivity (Wildman–Crippen MR) is 111 cm³/mol. The zero-order chi connectivity index (χ0) is 21.0. The minimum Gasteiger partial charge on any atom is -0.463 e. The fourth-order valence-electron chi connectivity index (χ4n) is 2.69. The van der Waals surface area contributed by atoms with Crippen molar-refractivity contribution in [3.8, 4) is 11.8 Å². The van der Waals surface area contributed by atoms with E-state index in [2.05, 4.69) is 15.9 Å². The van der Waals surface area contributed by atoms with Crippen LogP contribution in [0.25, 0.3) is 0 Å². The number of nitriles is 1. The molecule has 9 heteroatoms. The Morgan fingerprint density at radius 1 is 1.46 bits per heavy atom. The summed E-state index contributed by atoms with van der Waals surface area (Å²) in [6, 6.07) is 7.28. The lowest BCUT2D eigenvalue weighted by Crippen LogP contribution is -2.28. The minimum atomic E-state index is -0.814. The van der Waals surface area contributed by atoms with Crippen molar-refractivity contribution in [1.82, 2.24) is 4.90 Å². The standard InChI is InChI=1S/C19H20BrN3O4S/c1-5-25-18(24)15-10(2)26-17(22)13(9-21)16(15)12-7-6-11(20)8-14(12)27-19(28)23(3)4/h6-8,16H,5,22H2,1-4H3. The molecule has 1 aliphatic rings. The Hall–Kier alpha value is -2.57. The summed E-state index contributed by atoms with van der Waals surface area (Å²) in [5.41, 5.74) is 6.76. The summed E-state index contributed by atoms with van der Waals surface area (Å²) in [6.45, 7) is 3.48. The molecule has 0 aliphatic carbocycles. The quantitative estimate of drug-likeness (QED) is 0.533. The minimum absolute atomic E-state index is 0.0675. The number of benzene rings is 1. The number of nitrogens with two attached hydrogens (primary N) is 1. The van der Waals surface area contributed by atoms with Crippen molar-refractivity contribution in [2.45, 2.75) is 19.8 Å². The van der Waals surface area contributed by atoms with Crippen LogP contribution in [0, 0.1) is 11.3 Å². The molecule has 0 fully saturated rings. The van der Waals surface area contributed by atoms with Gasteiger partial charge < -0.3 is 24.8 Å². The van der Waals surface area contributed by atoms with Crippen LogP contribution in [0.15, 0.2) is 45.5 Å². The Kier molecular flexibility index (Phi) is 7.05. The molecule has 0 saturated heterocycles. The van der Waals surface area contributed by atoms with Gasteiger partial charge in [-0.15, -0.1) is 0 Å². The second-order valence-corrected chi connectivity index (χ2v) is 7.32.